The van der Waals surface area contributed by atoms with Gasteiger partial charge in [0.25, 0.3) is 0 Å². The summed E-state index contributed by atoms with van der Waals surface area (Å²) in [6.07, 6.45) is 1.58. The zero-order valence-corrected chi connectivity index (χ0v) is 21.7. The molecule has 2 heterocycles. The minimum Gasteiger partial charge on any atom is -0.332 e. The lowest BCUT2D eigenvalue weighted by Crippen LogP contribution is -2.45. The molecule has 35 heavy (non-hydrogen) atoms. The van der Waals surface area contributed by atoms with E-state index in [0.29, 0.717) is 18.6 Å². The Morgan fingerprint density at radius 3 is 2.37 bits per heavy atom. The standard InChI is InChI=1S/C27H29N3O3S2/c1-20(2)30(35(32,33)25-13-7-11-23-12-8-16-28-27(23)25)19-26(31)29(17-22-9-5-4-6-10-22)18-24-15-14-21(3)34-24/h4-16,20H,17-19H2,1-3H3. The molecule has 0 saturated heterocycles. The van der Waals surface area contributed by atoms with Crippen LogP contribution in [0.2, 0.25) is 0 Å². The van der Waals surface area contributed by atoms with Gasteiger partial charge in [-0.3, -0.25) is 9.78 Å². The van der Waals surface area contributed by atoms with Crippen molar-refractivity contribution in [3.8, 4) is 0 Å². The van der Waals surface area contributed by atoms with Gasteiger partial charge in [-0.1, -0.05) is 48.5 Å². The van der Waals surface area contributed by atoms with Gasteiger partial charge in [0.15, 0.2) is 0 Å². The number of carbonyl (C=O) groups is 1. The van der Waals surface area contributed by atoms with E-state index >= 15 is 0 Å². The zero-order chi connectivity index (χ0) is 25.0. The number of sulfonamides is 1. The number of hydrogen-bond acceptors (Lipinski definition) is 5. The molecule has 1 amide bonds. The molecule has 0 bridgehead atoms. The molecule has 0 spiro atoms. The molecule has 0 atom stereocenters. The van der Waals surface area contributed by atoms with Crippen molar-refractivity contribution < 1.29 is 13.2 Å². The fourth-order valence-electron chi connectivity index (χ4n) is 3.98. The van der Waals surface area contributed by atoms with Crippen molar-refractivity contribution in [3.05, 3.63) is 94.3 Å². The highest BCUT2D eigenvalue weighted by Crippen LogP contribution is 2.26. The molecular formula is C27H29N3O3S2. The normalized spacial score (nSPS) is 11.9. The molecule has 4 rings (SSSR count). The predicted molar refractivity (Wildman–Crippen MR) is 141 cm³/mol. The first-order valence-electron chi connectivity index (χ1n) is 11.5. The number of rotatable bonds is 9. The summed E-state index contributed by atoms with van der Waals surface area (Å²) in [7, 11) is -3.97. The lowest BCUT2D eigenvalue weighted by molar-refractivity contribution is -0.132. The third kappa shape index (κ3) is 5.78. The van der Waals surface area contributed by atoms with Gasteiger partial charge in [0.1, 0.15) is 4.90 Å². The fourth-order valence-corrected chi connectivity index (χ4v) is 6.64. The van der Waals surface area contributed by atoms with Gasteiger partial charge in [-0.15, -0.1) is 11.3 Å². The van der Waals surface area contributed by atoms with E-state index in [0.717, 1.165) is 15.8 Å². The van der Waals surface area contributed by atoms with Gasteiger partial charge in [-0.2, -0.15) is 4.31 Å². The van der Waals surface area contributed by atoms with Crippen LogP contribution in [0.15, 0.2) is 83.9 Å². The first kappa shape index (κ1) is 25.0. The van der Waals surface area contributed by atoms with Crippen LogP contribution in [0.1, 0.15) is 29.2 Å². The van der Waals surface area contributed by atoms with Crippen LogP contribution in [0.5, 0.6) is 0 Å². The molecule has 0 aliphatic carbocycles. The number of para-hydroxylation sites is 1. The second-order valence-corrected chi connectivity index (χ2v) is 12.0. The van der Waals surface area contributed by atoms with Crippen molar-refractivity contribution in [1.29, 1.82) is 0 Å². The van der Waals surface area contributed by atoms with E-state index in [2.05, 4.69) is 4.98 Å². The second-order valence-electron chi connectivity index (χ2n) is 8.72. The van der Waals surface area contributed by atoms with Gasteiger partial charge in [0, 0.05) is 33.9 Å². The van der Waals surface area contributed by atoms with E-state index in [1.54, 1.807) is 54.5 Å². The maximum atomic E-state index is 13.8. The summed E-state index contributed by atoms with van der Waals surface area (Å²) in [5, 5.41) is 0.738. The highest BCUT2D eigenvalue weighted by atomic mass is 32.2. The Bertz CT molecular complexity index is 1410. The average molecular weight is 508 g/mol. The molecule has 8 heteroatoms. The predicted octanol–water partition coefficient (Wildman–Crippen LogP) is 5.23. The van der Waals surface area contributed by atoms with Crippen LogP contribution in [0, 0.1) is 6.92 Å². The van der Waals surface area contributed by atoms with Crippen LogP contribution in [-0.4, -0.2) is 41.1 Å². The molecule has 0 saturated carbocycles. The maximum absolute atomic E-state index is 13.8. The van der Waals surface area contributed by atoms with Crippen LogP contribution < -0.4 is 0 Å². The maximum Gasteiger partial charge on any atom is 0.245 e. The summed E-state index contributed by atoms with van der Waals surface area (Å²) in [6, 6.07) is 22.1. The minimum atomic E-state index is -3.97. The monoisotopic (exact) mass is 507 g/mol. The lowest BCUT2D eigenvalue weighted by atomic mass is 10.2. The van der Waals surface area contributed by atoms with Crippen LogP contribution in [0.25, 0.3) is 10.9 Å². The van der Waals surface area contributed by atoms with Crippen molar-refractivity contribution in [2.45, 2.75) is 44.8 Å². The molecule has 0 aliphatic rings. The van der Waals surface area contributed by atoms with E-state index in [9.17, 15) is 13.2 Å². The number of carbonyl (C=O) groups excluding carboxylic acids is 1. The summed E-state index contributed by atoms with van der Waals surface area (Å²) >= 11 is 1.64. The number of thiophene rings is 1. The van der Waals surface area contributed by atoms with Crippen LogP contribution in [-0.2, 0) is 27.9 Å². The molecule has 4 aromatic rings. The summed E-state index contributed by atoms with van der Waals surface area (Å²) in [5.74, 6) is -0.245. The number of amides is 1. The first-order chi connectivity index (χ1) is 16.8. The SMILES string of the molecule is Cc1ccc(CN(Cc2ccccc2)C(=O)CN(C(C)C)S(=O)(=O)c2cccc3cccnc23)s1. The summed E-state index contributed by atoms with van der Waals surface area (Å²) in [4.78, 5) is 22.0. The summed E-state index contributed by atoms with van der Waals surface area (Å²) < 4.78 is 28.8. The van der Waals surface area contributed by atoms with Gasteiger partial charge in [-0.25, -0.2) is 8.42 Å². The number of hydrogen-bond donors (Lipinski definition) is 0. The molecule has 182 valence electrons. The fraction of sp³-hybridized carbons (Fsp3) is 0.259. The molecule has 0 N–H and O–H groups in total. The van der Waals surface area contributed by atoms with Crippen LogP contribution >= 0.6 is 11.3 Å². The molecule has 6 nitrogen and oxygen atoms in total. The van der Waals surface area contributed by atoms with E-state index in [1.165, 1.54) is 9.18 Å². The number of aryl methyl sites for hydroxylation is 1. The van der Waals surface area contributed by atoms with Crippen molar-refractivity contribution in [2.75, 3.05) is 6.54 Å². The van der Waals surface area contributed by atoms with Gasteiger partial charge in [-0.05, 0) is 50.6 Å². The van der Waals surface area contributed by atoms with Crippen molar-refractivity contribution >= 4 is 38.2 Å². The number of nitrogens with zero attached hydrogens (tertiary/aromatic N) is 3. The molecular weight excluding hydrogens is 478 g/mol. The molecule has 2 aromatic carbocycles. The second kappa shape index (κ2) is 10.7. The highest BCUT2D eigenvalue weighted by molar-refractivity contribution is 7.89. The van der Waals surface area contributed by atoms with Crippen LogP contribution in [0.3, 0.4) is 0 Å². The van der Waals surface area contributed by atoms with Crippen LogP contribution in [0.4, 0.5) is 0 Å². The summed E-state index contributed by atoms with van der Waals surface area (Å²) in [5.41, 5.74) is 1.40. The Hall–Kier alpha value is -3.07. The van der Waals surface area contributed by atoms with Gasteiger partial charge in [0.2, 0.25) is 15.9 Å². The van der Waals surface area contributed by atoms with E-state index in [1.807, 2.05) is 61.5 Å². The lowest BCUT2D eigenvalue weighted by Gasteiger charge is -2.29. The molecule has 0 unspecified atom stereocenters. The number of benzene rings is 2. The molecule has 0 aliphatic heterocycles. The van der Waals surface area contributed by atoms with Gasteiger partial charge >= 0.3 is 0 Å². The van der Waals surface area contributed by atoms with Crippen molar-refractivity contribution in [3.63, 3.8) is 0 Å². The van der Waals surface area contributed by atoms with Crippen molar-refractivity contribution in [2.24, 2.45) is 0 Å². The number of pyridine rings is 1. The van der Waals surface area contributed by atoms with Crippen molar-refractivity contribution in [1.82, 2.24) is 14.2 Å². The largest absolute Gasteiger partial charge is 0.332 e. The zero-order valence-electron chi connectivity index (χ0n) is 20.1. The quantitative estimate of drug-likeness (QED) is 0.311. The minimum absolute atomic E-state index is 0.112. The topological polar surface area (TPSA) is 70.6 Å². The average Bonchev–Trinajstić information content (AvgIpc) is 3.26. The van der Waals surface area contributed by atoms with E-state index in [4.69, 9.17) is 0 Å². The number of aromatic nitrogens is 1. The molecule has 2 aromatic heterocycles. The third-order valence-corrected chi connectivity index (χ3v) is 8.80. The smallest absolute Gasteiger partial charge is 0.245 e. The van der Waals surface area contributed by atoms with Gasteiger partial charge in [0.05, 0.1) is 18.6 Å². The Balaban J connectivity index is 1.65. The van der Waals surface area contributed by atoms with Gasteiger partial charge < -0.3 is 4.90 Å². The molecule has 0 fully saturated rings. The Morgan fingerprint density at radius 1 is 0.943 bits per heavy atom. The number of fused-ring (bicyclic) bond motifs is 1. The summed E-state index contributed by atoms with van der Waals surface area (Å²) in [6.45, 7) is 6.18. The van der Waals surface area contributed by atoms with E-state index < -0.39 is 16.1 Å². The Labute approximate surface area is 210 Å². The van der Waals surface area contributed by atoms with E-state index in [-0.39, 0.29) is 17.3 Å². The third-order valence-electron chi connectivity index (χ3n) is 5.76. The molecule has 0 radical (unpaired) electrons. The first-order valence-corrected chi connectivity index (χ1v) is 13.7. The Morgan fingerprint density at radius 2 is 1.69 bits per heavy atom. The Kier molecular flexibility index (Phi) is 7.64. The highest BCUT2D eigenvalue weighted by Gasteiger charge is 2.32.